The Morgan fingerprint density at radius 1 is 1.29 bits per heavy atom. The summed E-state index contributed by atoms with van der Waals surface area (Å²) in [5.41, 5.74) is 7.44. The van der Waals surface area contributed by atoms with E-state index in [0.29, 0.717) is 6.54 Å². The number of rotatable bonds is 4. The molecule has 21 heavy (non-hydrogen) atoms. The van der Waals surface area contributed by atoms with E-state index in [2.05, 4.69) is 5.32 Å². The molecule has 6 nitrogen and oxygen atoms in total. The van der Waals surface area contributed by atoms with Gasteiger partial charge in [-0.05, 0) is 18.6 Å². The molecule has 0 aliphatic heterocycles. The molecule has 3 N–H and O–H groups in total. The highest BCUT2D eigenvalue weighted by Gasteiger charge is 2.18. The van der Waals surface area contributed by atoms with Crippen molar-refractivity contribution in [3.8, 4) is 0 Å². The minimum absolute atomic E-state index is 0.108. The number of carbonyl (C=O) groups is 1. The quantitative estimate of drug-likeness (QED) is 0.512. The number of benzene rings is 2. The molecule has 0 aromatic heterocycles. The first-order chi connectivity index (χ1) is 9.99. The van der Waals surface area contributed by atoms with Crippen LogP contribution in [0, 0.1) is 17.0 Å². The molecule has 1 amide bonds. The second-order valence-electron chi connectivity index (χ2n) is 4.67. The standard InChI is InChI=1S/C15H15N3O3/c1-10-4-2-5-11(8-10)9-17-15(19)12-6-3-7-13(14(12)16)18(20)21/h2-8H,9,16H2,1H3,(H,17,19). The van der Waals surface area contributed by atoms with Crippen molar-refractivity contribution in [1.82, 2.24) is 5.32 Å². The van der Waals surface area contributed by atoms with Crippen LogP contribution in [0.15, 0.2) is 42.5 Å². The molecule has 0 heterocycles. The number of nitrogens with zero attached hydrogens (tertiary/aromatic N) is 1. The normalized spacial score (nSPS) is 10.1. The zero-order chi connectivity index (χ0) is 15.4. The first-order valence-corrected chi connectivity index (χ1v) is 6.35. The largest absolute Gasteiger partial charge is 0.393 e. The first kappa shape index (κ1) is 14.5. The fraction of sp³-hybridized carbons (Fsp3) is 0.133. The summed E-state index contributed by atoms with van der Waals surface area (Å²) in [4.78, 5) is 22.3. The van der Waals surface area contributed by atoms with E-state index in [1.807, 2.05) is 31.2 Å². The number of carbonyl (C=O) groups excluding carboxylic acids is 1. The maximum Gasteiger partial charge on any atom is 0.292 e. The number of nitrogens with one attached hydrogen (secondary N) is 1. The maximum absolute atomic E-state index is 12.1. The van der Waals surface area contributed by atoms with Gasteiger partial charge in [0.25, 0.3) is 11.6 Å². The minimum Gasteiger partial charge on any atom is -0.393 e. The Morgan fingerprint density at radius 2 is 2.00 bits per heavy atom. The van der Waals surface area contributed by atoms with Crippen LogP contribution in [-0.2, 0) is 6.54 Å². The molecular weight excluding hydrogens is 270 g/mol. The van der Waals surface area contributed by atoms with E-state index < -0.39 is 10.8 Å². The summed E-state index contributed by atoms with van der Waals surface area (Å²) < 4.78 is 0. The number of nitrogens with two attached hydrogens (primary N) is 1. The van der Waals surface area contributed by atoms with Crippen molar-refractivity contribution in [1.29, 1.82) is 0 Å². The van der Waals surface area contributed by atoms with Crippen LogP contribution in [0.4, 0.5) is 11.4 Å². The van der Waals surface area contributed by atoms with E-state index in [-0.39, 0.29) is 16.9 Å². The number of hydrogen-bond acceptors (Lipinski definition) is 4. The summed E-state index contributed by atoms with van der Waals surface area (Å²) in [6.45, 7) is 2.30. The van der Waals surface area contributed by atoms with Gasteiger partial charge >= 0.3 is 0 Å². The number of aryl methyl sites for hydroxylation is 1. The number of amides is 1. The Kier molecular flexibility index (Phi) is 4.18. The van der Waals surface area contributed by atoms with Crippen LogP contribution in [0.1, 0.15) is 21.5 Å². The average Bonchev–Trinajstić information content (AvgIpc) is 2.45. The minimum atomic E-state index is -0.604. The van der Waals surface area contributed by atoms with Gasteiger partial charge in [0.05, 0.1) is 10.5 Å². The van der Waals surface area contributed by atoms with Gasteiger partial charge in [-0.1, -0.05) is 35.9 Å². The smallest absolute Gasteiger partial charge is 0.292 e. The molecule has 0 aliphatic carbocycles. The number of para-hydroxylation sites is 1. The number of hydrogen-bond donors (Lipinski definition) is 2. The molecule has 0 atom stereocenters. The Morgan fingerprint density at radius 3 is 2.67 bits per heavy atom. The molecule has 0 aliphatic rings. The van der Waals surface area contributed by atoms with Crippen molar-refractivity contribution < 1.29 is 9.72 Å². The fourth-order valence-corrected chi connectivity index (χ4v) is 2.01. The second kappa shape index (κ2) is 6.04. The number of nitro groups is 1. The first-order valence-electron chi connectivity index (χ1n) is 6.35. The van der Waals surface area contributed by atoms with Gasteiger partial charge in [0, 0.05) is 12.6 Å². The summed E-state index contributed by atoms with van der Waals surface area (Å²) in [5, 5.41) is 13.5. The lowest BCUT2D eigenvalue weighted by Crippen LogP contribution is -2.24. The lowest BCUT2D eigenvalue weighted by molar-refractivity contribution is -0.383. The van der Waals surface area contributed by atoms with E-state index in [1.54, 1.807) is 0 Å². The molecule has 0 saturated heterocycles. The molecule has 108 valence electrons. The zero-order valence-corrected chi connectivity index (χ0v) is 11.5. The Balaban J connectivity index is 2.14. The number of nitro benzene ring substituents is 1. The van der Waals surface area contributed by atoms with Crippen molar-refractivity contribution >= 4 is 17.3 Å². The van der Waals surface area contributed by atoms with Crippen LogP contribution < -0.4 is 11.1 Å². The molecule has 0 radical (unpaired) electrons. The van der Waals surface area contributed by atoms with E-state index in [0.717, 1.165) is 11.1 Å². The van der Waals surface area contributed by atoms with Crippen molar-refractivity contribution in [2.24, 2.45) is 0 Å². The SMILES string of the molecule is Cc1cccc(CNC(=O)c2cccc([N+](=O)[O-])c2N)c1. The predicted octanol–water partition coefficient (Wildman–Crippen LogP) is 2.42. The molecule has 0 unspecified atom stereocenters. The van der Waals surface area contributed by atoms with E-state index in [4.69, 9.17) is 5.73 Å². The summed E-state index contributed by atoms with van der Waals surface area (Å²) in [5.74, 6) is -0.433. The molecular formula is C15H15N3O3. The molecule has 2 aromatic carbocycles. The van der Waals surface area contributed by atoms with Crippen LogP contribution in [-0.4, -0.2) is 10.8 Å². The average molecular weight is 285 g/mol. The Bertz CT molecular complexity index is 698. The summed E-state index contributed by atoms with van der Waals surface area (Å²) in [6, 6.07) is 11.9. The molecule has 0 bridgehead atoms. The highest BCUT2D eigenvalue weighted by molar-refractivity contribution is 6.00. The van der Waals surface area contributed by atoms with Gasteiger partial charge in [-0.3, -0.25) is 14.9 Å². The van der Waals surface area contributed by atoms with Crippen molar-refractivity contribution in [2.45, 2.75) is 13.5 Å². The maximum atomic E-state index is 12.1. The van der Waals surface area contributed by atoms with Crippen molar-refractivity contribution in [3.63, 3.8) is 0 Å². The van der Waals surface area contributed by atoms with Crippen LogP contribution >= 0.6 is 0 Å². The van der Waals surface area contributed by atoms with Crippen LogP contribution in [0.3, 0.4) is 0 Å². The van der Waals surface area contributed by atoms with Gasteiger partial charge in [-0.2, -0.15) is 0 Å². The topological polar surface area (TPSA) is 98.3 Å². The zero-order valence-electron chi connectivity index (χ0n) is 11.5. The highest BCUT2D eigenvalue weighted by Crippen LogP contribution is 2.24. The second-order valence-corrected chi connectivity index (χ2v) is 4.67. The monoisotopic (exact) mass is 285 g/mol. The van der Waals surface area contributed by atoms with Gasteiger partial charge in [-0.15, -0.1) is 0 Å². The summed E-state index contributed by atoms with van der Waals surface area (Å²) in [6.07, 6.45) is 0. The summed E-state index contributed by atoms with van der Waals surface area (Å²) >= 11 is 0. The predicted molar refractivity (Wildman–Crippen MR) is 79.9 cm³/mol. The van der Waals surface area contributed by atoms with Crippen molar-refractivity contribution in [2.75, 3.05) is 5.73 Å². The molecule has 0 fully saturated rings. The van der Waals surface area contributed by atoms with Gasteiger partial charge in [0.15, 0.2) is 0 Å². The third-order valence-electron chi connectivity index (χ3n) is 3.06. The Labute approximate surface area is 121 Å². The molecule has 0 saturated carbocycles. The molecule has 0 spiro atoms. The molecule has 2 aromatic rings. The summed E-state index contributed by atoms with van der Waals surface area (Å²) in [7, 11) is 0. The fourth-order valence-electron chi connectivity index (χ4n) is 2.01. The van der Waals surface area contributed by atoms with Gasteiger partial charge in [-0.25, -0.2) is 0 Å². The molecule has 2 rings (SSSR count). The van der Waals surface area contributed by atoms with E-state index in [1.165, 1.54) is 18.2 Å². The van der Waals surface area contributed by atoms with Gasteiger partial charge in [0.2, 0.25) is 0 Å². The number of nitrogen functional groups attached to an aromatic ring is 1. The third-order valence-corrected chi connectivity index (χ3v) is 3.06. The lowest BCUT2D eigenvalue weighted by atomic mass is 10.1. The van der Waals surface area contributed by atoms with E-state index >= 15 is 0 Å². The van der Waals surface area contributed by atoms with Gasteiger partial charge < -0.3 is 11.1 Å². The van der Waals surface area contributed by atoms with E-state index in [9.17, 15) is 14.9 Å². The van der Waals surface area contributed by atoms with Crippen LogP contribution in [0.25, 0.3) is 0 Å². The van der Waals surface area contributed by atoms with Crippen molar-refractivity contribution in [3.05, 3.63) is 69.3 Å². The Hall–Kier alpha value is -2.89. The molecule has 6 heteroatoms. The van der Waals surface area contributed by atoms with Crippen LogP contribution in [0.5, 0.6) is 0 Å². The lowest BCUT2D eigenvalue weighted by Gasteiger charge is -2.08. The highest BCUT2D eigenvalue weighted by atomic mass is 16.6. The third kappa shape index (κ3) is 3.36. The number of anilines is 1. The van der Waals surface area contributed by atoms with Gasteiger partial charge in [0.1, 0.15) is 5.69 Å². The van der Waals surface area contributed by atoms with Crippen LogP contribution in [0.2, 0.25) is 0 Å².